The van der Waals surface area contributed by atoms with E-state index < -0.39 is 0 Å². The van der Waals surface area contributed by atoms with Crippen LogP contribution in [-0.4, -0.2) is 11.6 Å². The van der Waals surface area contributed by atoms with E-state index >= 15 is 0 Å². The number of para-hydroxylation sites is 2. The fourth-order valence-corrected chi connectivity index (χ4v) is 2.25. The number of rotatable bonds is 4. The van der Waals surface area contributed by atoms with Crippen molar-refractivity contribution in [1.82, 2.24) is 0 Å². The number of anilines is 2. The fourth-order valence-electron chi connectivity index (χ4n) is 2.25. The predicted octanol–water partition coefficient (Wildman–Crippen LogP) is 3.67. The maximum absolute atomic E-state index is 11.7. The molecule has 2 aliphatic carbocycles. The number of ketones is 2. The van der Waals surface area contributed by atoms with Gasteiger partial charge in [-0.15, -0.1) is 0 Å². The molecule has 129 valence electrons. The molecule has 0 unspecified atom stereocenters. The molecule has 2 N–H and O–H groups in total. The summed E-state index contributed by atoms with van der Waals surface area (Å²) in [4.78, 5) is 23.5. The molecule has 0 atom stereocenters. The van der Waals surface area contributed by atoms with Crippen LogP contribution in [0.15, 0.2) is 96.4 Å². The van der Waals surface area contributed by atoms with Gasteiger partial charge in [-0.3, -0.25) is 9.59 Å². The van der Waals surface area contributed by atoms with E-state index in [2.05, 4.69) is 10.6 Å². The summed E-state index contributed by atoms with van der Waals surface area (Å²) in [6.07, 6.45) is 17.0. The van der Waals surface area contributed by atoms with Gasteiger partial charge in [0.15, 0.2) is 11.6 Å². The van der Waals surface area contributed by atoms with Crippen LogP contribution < -0.4 is 10.6 Å². The normalized spacial score (nSPS) is 18.6. The summed E-state index contributed by atoms with van der Waals surface area (Å²) in [5.41, 5.74) is 2.78. The first-order valence-corrected chi connectivity index (χ1v) is 7.54. The van der Waals surface area contributed by atoms with E-state index in [1.54, 1.807) is 36.7 Å². The molecule has 0 bridgehead atoms. The SMILES string of the molecule is O=C1C=CC=C/C1=C/Nc1ccccc1N/C=C1/C=CC=CC1=O.[Cu]. The molecule has 0 saturated carbocycles. The van der Waals surface area contributed by atoms with Crippen LogP contribution in [0.3, 0.4) is 0 Å². The minimum absolute atomic E-state index is 0. The van der Waals surface area contributed by atoms with Gasteiger partial charge in [-0.25, -0.2) is 0 Å². The van der Waals surface area contributed by atoms with Crippen molar-refractivity contribution in [3.05, 3.63) is 96.4 Å². The molecule has 0 aliphatic heterocycles. The van der Waals surface area contributed by atoms with Crippen molar-refractivity contribution in [2.45, 2.75) is 0 Å². The Hall–Kier alpha value is -2.88. The molecule has 0 saturated heterocycles. The van der Waals surface area contributed by atoms with Crippen LogP contribution in [0.2, 0.25) is 0 Å². The number of carbonyl (C=O) groups excluding carboxylic acids is 2. The second kappa shape index (κ2) is 8.83. The number of allylic oxidation sites excluding steroid dienone is 10. The predicted molar refractivity (Wildman–Crippen MR) is 96.4 cm³/mol. The van der Waals surface area contributed by atoms with Crippen molar-refractivity contribution in [2.24, 2.45) is 0 Å². The second-order valence-electron chi connectivity index (χ2n) is 5.20. The van der Waals surface area contributed by atoms with E-state index in [0.717, 1.165) is 11.4 Å². The monoisotopic (exact) mass is 379 g/mol. The Morgan fingerprint density at radius 2 is 1.04 bits per heavy atom. The first-order chi connectivity index (χ1) is 11.7. The van der Waals surface area contributed by atoms with E-state index in [-0.39, 0.29) is 28.6 Å². The van der Waals surface area contributed by atoms with Crippen LogP contribution in [0.1, 0.15) is 0 Å². The Morgan fingerprint density at radius 1 is 0.640 bits per heavy atom. The Kier molecular flexibility index (Phi) is 6.52. The third kappa shape index (κ3) is 4.80. The molecule has 5 heteroatoms. The summed E-state index contributed by atoms with van der Waals surface area (Å²) >= 11 is 0. The van der Waals surface area contributed by atoms with Gasteiger partial charge in [0.25, 0.3) is 0 Å². The minimum Gasteiger partial charge on any atom is -0.359 e. The number of benzene rings is 1. The molecule has 1 aromatic rings. The molecule has 25 heavy (non-hydrogen) atoms. The zero-order valence-corrected chi connectivity index (χ0v) is 14.1. The molecule has 0 heterocycles. The zero-order chi connectivity index (χ0) is 16.8. The van der Waals surface area contributed by atoms with Crippen LogP contribution >= 0.6 is 0 Å². The van der Waals surface area contributed by atoms with E-state index in [0.29, 0.717) is 11.1 Å². The first-order valence-electron chi connectivity index (χ1n) is 7.54. The Balaban J connectivity index is 0.00000225. The van der Waals surface area contributed by atoms with E-state index in [1.807, 2.05) is 36.4 Å². The third-order valence-electron chi connectivity index (χ3n) is 3.53. The molecule has 0 aromatic heterocycles. The van der Waals surface area contributed by atoms with Crippen LogP contribution in [0, 0.1) is 0 Å². The third-order valence-corrected chi connectivity index (χ3v) is 3.53. The van der Waals surface area contributed by atoms with Crippen LogP contribution in [0.25, 0.3) is 0 Å². The van der Waals surface area contributed by atoms with Crippen molar-refractivity contribution in [3.8, 4) is 0 Å². The molecule has 0 spiro atoms. The molecular weight excluding hydrogens is 364 g/mol. The first kappa shape index (κ1) is 18.5. The number of hydrogen-bond donors (Lipinski definition) is 2. The summed E-state index contributed by atoms with van der Waals surface area (Å²) < 4.78 is 0. The van der Waals surface area contributed by atoms with Gasteiger partial charge in [-0.05, 0) is 36.4 Å². The Labute approximate surface area is 156 Å². The maximum Gasteiger partial charge on any atom is 0.187 e. The molecule has 3 rings (SSSR count). The van der Waals surface area contributed by atoms with E-state index in [9.17, 15) is 9.59 Å². The summed E-state index contributed by atoms with van der Waals surface area (Å²) in [6, 6.07) is 7.57. The van der Waals surface area contributed by atoms with Crippen LogP contribution in [0.5, 0.6) is 0 Å². The van der Waals surface area contributed by atoms with Gasteiger partial charge >= 0.3 is 0 Å². The van der Waals surface area contributed by atoms with Crippen molar-refractivity contribution in [3.63, 3.8) is 0 Å². The average molecular weight is 380 g/mol. The van der Waals surface area contributed by atoms with Crippen molar-refractivity contribution >= 4 is 22.9 Å². The van der Waals surface area contributed by atoms with Crippen LogP contribution in [0.4, 0.5) is 11.4 Å². The van der Waals surface area contributed by atoms with Crippen molar-refractivity contribution in [2.75, 3.05) is 10.6 Å². The van der Waals surface area contributed by atoms with Gasteiger partial charge in [-0.1, -0.05) is 36.4 Å². The smallest absolute Gasteiger partial charge is 0.187 e. The van der Waals surface area contributed by atoms with Gasteiger partial charge < -0.3 is 10.6 Å². The molecule has 4 nitrogen and oxygen atoms in total. The number of carbonyl (C=O) groups is 2. The van der Waals surface area contributed by atoms with Gasteiger partial charge in [0.05, 0.1) is 11.4 Å². The second-order valence-corrected chi connectivity index (χ2v) is 5.20. The fraction of sp³-hybridized carbons (Fsp3) is 0. The van der Waals surface area contributed by atoms with Crippen molar-refractivity contribution in [1.29, 1.82) is 0 Å². The van der Waals surface area contributed by atoms with E-state index in [4.69, 9.17) is 0 Å². The molecule has 0 amide bonds. The standard InChI is InChI=1S/C20H16N2O2.Cu/c23-19-11-5-1-7-15(19)13-21-17-9-3-4-10-18(17)22-14-16-8-2-6-12-20(16)24;/h1-14,21-22H;/b15-13-,16-14-;. The summed E-state index contributed by atoms with van der Waals surface area (Å²) in [5.74, 6) is -0.0791. The minimum atomic E-state index is -0.0396. The topological polar surface area (TPSA) is 58.2 Å². The Morgan fingerprint density at radius 3 is 1.44 bits per heavy atom. The summed E-state index contributed by atoms with van der Waals surface area (Å²) in [7, 11) is 0. The number of hydrogen-bond acceptors (Lipinski definition) is 4. The quantitative estimate of drug-likeness (QED) is 0.619. The zero-order valence-electron chi connectivity index (χ0n) is 13.2. The number of nitrogens with one attached hydrogen (secondary N) is 2. The summed E-state index contributed by atoms with van der Waals surface area (Å²) in [6.45, 7) is 0. The van der Waals surface area contributed by atoms with Crippen molar-refractivity contribution < 1.29 is 26.7 Å². The molecule has 1 aromatic carbocycles. The summed E-state index contributed by atoms with van der Waals surface area (Å²) in [5, 5.41) is 6.27. The molecule has 1 radical (unpaired) electrons. The van der Waals surface area contributed by atoms with Gasteiger partial charge in [0.2, 0.25) is 0 Å². The van der Waals surface area contributed by atoms with E-state index in [1.165, 1.54) is 12.2 Å². The molecule has 0 fully saturated rings. The van der Waals surface area contributed by atoms with Crippen LogP contribution in [-0.2, 0) is 26.7 Å². The average Bonchev–Trinajstić information content (AvgIpc) is 2.61. The molecular formula is C20H16CuN2O2. The largest absolute Gasteiger partial charge is 0.359 e. The maximum atomic E-state index is 11.7. The molecule has 2 aliphatic rings. The van der Waals surface area contributed by atoms with Gasteiger partial charge in [0.1, 0.15) is 0 Å². The van der Waals surface area contributed by atoms with Gasteiger partial charge in [-0.2, -0.15) is 0 Å². The Bertz CT molecular complexity index is 787. The van der Waals surface area contributed by atoms with Gasteiger partial charge in [0, 0.05) is 40.6 Å².